The lowest BCUT2D eigenvalue weighted by Gasteiger charge is -2.08. The molecule has 0 aliphatic heterocycles. The number of rotatable bonds is 1. The van der Waals surface area contributed by atoms with Gasteiger partial charge in [0.2, 0.25) is 0 Å². The zero-order chi connectivity index (χ0) is 13.6. The molecule has 0 amide bonds. The van der Waals surface area contributed by atoms with Gasteiger partial charge in [-0.05, 0) is 35.2 Å². The lowest BCUT2D eigenvalue weighted by molar-refractivity contribution is 0.0994. The van der Waals surface area contributed by atoms with Crippen LogP contribution in [0.1, 0.15) is 22.3 Å². The maximum absolute atomic E-state index is 13.3. The minimum atomic E-state index is -1.48. The topological polar surface area (TPSA) is 17.1 Å². The second kappa shape index (κ2) is 4.23. The third-order valence-electron chi connectivity index (χ3n) is 3.37. The summed E-state index contributed by atoms with van der Waals surface area (Å²) in [6.07, 6.45) is 0.948. The first kappa shape index (κ1) is 12.0. The van der Waals surface area contributed by atoms with Gasteiger partial charge in [0.1, 0.15) is 0 Å². The summed E-state index contributed by atoms with van der Waals surface area (Å²) in [5.41, 5.74) is 2.20. The number of benzene rings is 2. The largest absolute Gasteiger partial charge is 0.294 e. The van der Waals surface area contributed by atoms with Crippen molar-refractivity contribution in [2.24, 2.45) is 0 Å². The molecule has 4 heteroatoms. The highest BCUT2D eigenvalue weighted by Gasteiger charge is 2.23. The molecule has 0 radical (unpaired) electrons. The quantitative estimate of drug-likeness (QED) is 0.712. The Hall–Kier alpha value is -2.10. The molecule has 1 aliphatic rings. The first-order chi connectivity index (χ1) is 9.08. The second-order valence-corrected chi connectivity index (χ2v) is 4.51. The average molecular weight is 262 g/mol. The van der Waals surface area contributed by atoms with Crippen molar-refractivity contribution in [1.29, 1.82) is 0 Å². The van der Waals surface area contributed by atoms with Crippen molar-refractivity contribution in [3.63, 3.8) is 0 Å². The Balaban J connectivity index is 2.22. The molecule has 0 saturated carbocycles. The van der Waals surface area contributed by atoms with E-state index in [-0.39, 0.29) is 11.3 Å². The van der Waals surface area contributed by atoms with Gasteiger partial charge in [0.25, 0.3) is 0 Å². The summed E-state index contributed by atoms with van der Waals surface area (Å²) in [6, 6.07) is 6.96. The van der Waals surface area contributed by atoms with Crippen LogP contribution in [0.25, 0.3) is 11.1 Å². The van der Waals surface area contributed by atoms with Crippen LogP contribution >= 0.6 is 0 Å². The molecule has 0 N–H and O–H groups in total. The molecule has 19 heavy (non-hydrogen) atoms. The molecular formula is C15H9F3O. The third kappa shape index (κ3) is 1.84. The summed E-state index contributed by atoms with van der Waals surface area (Å²) in [6.45, 7) is 0. The molecule has 0 spiro atoms. The van der Waals surface area contributed by atoms with E-state index in [1.165, 1.54) is 0 Å². The fourth-order valence-electron chi connectivity index (χ4n) is 2.47. The molecule has 0 fully saturated rings. The van der Waals surface area contributed by atoms with Crippen molar-refractivity contribution < 1.29 is 18.0 Å². The molecular weight excluding hydrogens is 253 g/mol. The molecule has 0 unspecified atom stereocenters. The fraction of sp³-hybridized carbons (Fsp3) is 0.133. The second-order valence-electron chi connectivity index (χ2n) is 4.51. The minimum absolute atomic E-state index is 0.0277. The molecule has 1 aliphatic carbocycles. The highest BCUT2D eigenvalue weighted by atomic mass is 19.2. The van der Waals surface area contributed by atoms with Crippen molar-refractivity contribution in [3.8, 4) is 11.1 Å². The molecule has 0 heterocycles. The Labute approximate surface area is 107 Å². The van der Waals surface area contributed by atoms with E-state index >= 15 is 0 Å². The number of Topliss-reactive ketones (excluding diaryl/α,β-unsaturated/α-hetero) is 1. The predicted octanol–water partition coefficient (Wildman–Crippen LogP) is 3.90. The third-order valence-corrected chi connectivity index (χ3v) is 3.37. The summed E-state index contributed by atoms with van der Waals surface area (Å²) in [5.74, 6) is -3.90. The summed E-state index contributed by atoms with van der Waals surface area (Å²) in [4.78, 5) is 11.6. The normalized spacial score (nSPS) is 13.7. The van der Waals surface area contributed by atoms with Crippen LogP contribution in [0.2, 0.25) is 0 Å². The number of halogens is 3. The Kier molecular flexibility index (Phi) is 2.66. The van der Waals surface area contributed by atoms with E-state index in [2.05, 4.69) is 0 Å². The molecule has 96 valence electrons. The van der Waals surface area contributed by atoms with Crippen LogP contribution in [-0.2, 0) is 6.42 Å². The van der Waals surface area contributed by atoms with Crippen LogP contribution in [0.5, 0.6) is 0 Å². The van der Waals surface area contributed by atoms with Gasteiger partial charge in [-0.2, -0.15) is 0 Å². The molecule has 0 saturated heterocycles. The van der Waals surface area contributed by atoms with E-state index in [0.717, 1.165) is 17.7 Å². The van der Waals surface area contributed by atoms with Crippen molar-refractivity contribution in [2.45, 2.75) is 12.8 Å². The highest BCUT2D eigenvalue weighted by molar-refractivity contribution is 6.02. The molecule has 0 atom stereocenters. The van der Waals surface area contributed by atoms with E-state index in [1.54, 1.807) is 18.2 Å². The summed E-state index contributed by atoms with van der Waals surface area (Å²) >= 11 is 0. The van der Waals surface area contributed by atoms with E-state index in [9.17, 15) is 18.0 Å². The number of hydrogen-bond donors (Lipinski definition) is 0. The lowest BCUT2D eigenvalue weighted by atomic mass is 9.96. The summed E-state index contributed by atoms with van der Waals surface area (Å²) in [7, 11) is 0. The SMILES string of the molecule is O=C1CCc2c1cccc2-c1cc(F)c(F)c(F)c1. The van der Waals surface area contributed by atoms with Crippen LogP contribution in [0, 0.1) is 17.5 Å². The number of hydrogen-bond acceptors (Lipinski definition) is 1. The Bertz CT molecular complexity index is 669. The molecule has 0 bridgehead atoms. The molecule has 0 aromatic heterocycles. The number of fused-ring (bicyclic) bond motifs is 1. The minimum Gasteiger partial charge on any atom is -0.294 e. The monoisotopic (exact) mass is 262 g/mol. The Morgan fingerprint density at radius 2 is 1.53 bits per heavy atom. The Morgan fingerprint density at radius 1 is 0.895 bits per heavy atom. The van der Waals surface area contributed by atoms with Crippen molar-refractivity contribution in [2.75, 3.05) is 0 Å². The van der Waals surface area contributed by atoms with Gasteiger partial charge in [-0.1, -0.05) is 18.2 Å². The van der Waals surface area contributed by atoms with E-state index < -0.39 is 17.5 Å². The smallest absolute Gasteiger partial charge is 0.194 e. The summed E-state index contributed by atoms with van der Waals surface area (Å²) in [5, 5.41) is 0. The van der Waals surface area contributed by atoms with Gasteiger partial charge in [-0.25, -0.2) is 13.2 Å². The van der Waals surface area contributed by atoms with Gasteiger partial charge in [-0.15, -0.1) is 0 Å². The van der Waals surface area contributed by atoms with E-state index in [1.807, 2.05) is 0 Å². The van der Waals surface area contributed by atoms with Crippen molar-refractivity contribution in [1.82, 2.24) is 0 Å². The number of ketones is 1. The Morgan fingerprint density at radius 3 is 2.21 bits per heavy atom. The van der Waals surface area contributed by atoms with Crippen LogP contribution in [-0.4, -0.2) is 5.78 Å². The predicted molar refractivity (Wildman–Crippen MR) is 64.4 cm³/mol. The van der Waals surface area contributed by atoms with Gasteiger partial charge in [0.15, 0.2) is 23.2 Å². The van der Waals surface area contributed by atoms with Crippen LogP contribution < -0.4 is 0 Å². The number of carbonyl (C=O) groups excluding carboxylic acids is 1. The first-order valence-electron chi connectivity index (χ1n) is 5.88. The highest BCUT2D eigenvalue weighted by Crippen LogP contribution is 2.33. The summed E-state index contributed by atoms with van der Waals surface area (Å²) < 4.78 is 39.5. The molecule has 2 aromatic carbocycles. The van der Waals surface area contributed by atoms with E-state index in [0.29, 0.717) is 24.0 Å². The van der Waals surface area contributed by atoms with Gasteiger partial charge in [0, 0.05) is 12.0 Å². The lowest BCUT2D eigenvalue weighted by Crippen LogP contribution is -1.95. The molecule has 2 aromatic rings. The van der Waals surface area contributed by atoms with E-state index in [4.69, 9.17) is 0 Å². The zero-order valence-electron chi connectivity index (χ0n) is 9.84. The van der Waals surface area contributed by atoms with Crippen molar-refractivity contribution in [3.05, 3.63) is 58.9 Å². The first-order valence-corrected chi connectivity index (χ1v) is 5.88. The van der Waals surface area contributed by atoms with Crippen molar-refractivity contribution >= 4 is 5.78 Å². The average Bonchev–Trinajstić information content (AvgIpc) is 2.77. The van der Waals surface area contributed by atoms with Crippen LogP contribution in [0.4, 0.5) is 13.2 Å². The van der Waals surface area contributed by atoms with Gasteiger partial charge < -0.3 is 0 Å². The van der Waals surface area contributed by atoms with Crippen LogP contribution in [0.3, 0.4) is 0 Å². The maximum Gasteiger partial charge on any atom is 0.194 e. The van der Waals surface area contributed by atoms with Gasteiger partial charge in [0.05, 0.1) is 0 Å². The van der Waals surface area contributed by atoms with Gasteiger partial charge in [-0.3, -0.25) is 4.79 Å². The standard InChI is InChI=1S/C15H9F3O/c16-12-6-8(7-13(17)15(12)18)9-2-1-3-11-10(9)4-5-14(11)19/h1-3,6-7H,4-5H2. The maximum atomic E-state index is 13.3. The molecule has 1 nitrogen and oxygen atoms in total. The van der Waals surface area contributed by atoms with Crippen LogP contribution in [0.15, 0.2) is 30.3 Å². The van der Waals surface area contributed by atoms with Gasteiger partial charge >= 0.3 is 0 Å². The zero-order valence-corrected chi connectivity index (χ0v) is 9.84. The molecule has 3 rings (SSSR count). The fourth-order valence-corrected chi connectivity index (χ4v) is 2.47. The number of carbonyl (C=O) groups is 1.